The molecule has 0 aromatic carbocycles. The van der Waals surface area contributed by atoms with Gasteiger partial charge in [-0.3, -0.25) is 0 Å². The van der Waals surface area contributed by atoms with E-state index in [-0.39, 0.29) is 6.07 Å². The minimum Gasteiger partial charge on any atom is -0.323 e. The predicted molar refractivity (Wildman–Crippen MR) is 20.7 cm³/mol. The molecule has 0 aliphatic carbocycles. The summed E-state index contributed by atoms with van der Waals surface area (Å²) < 4.78 is 0. The molecule has 0 saturated carbocycles. The number of rotatable bonds is 0. The molecule has 0 aliphatic heterocycles. The van der Waals surface area contributed by atoms with Gasteiger partial charge in [0.05, 0.1) is 0 Å². The van der Waals surface area contributed by atoms with Gasteiger partial charge >= 0.3 is 0 Å². The van der Waals surface area contributed by atoms with Crippen molar-refractivity contribution in [2.45, 2.75) is 6.07 Å². The van der Waals surface area contributed by atoms with Crippen molar-refractivity contribution >= 4 is 7.85 Å². The molecule has 4 N–H and O–H groups in total. The molecule has 0 amide bonds. The van der Waals surface area contributed by atoms with Crippen LogP contribution >= 0.6 is 0 Å². The van der Waals surface area contributed by atoms with Crippen LogP contribution in [0.1, 0.15) is 0 Å². The third-order valence-corrected chi connectivity index (χ3v) is 0. The fraction of sp³-hybridized carbons (Fsp3) is 1.00. The van der Waals surface area contributed by atoms with Crippen LogP contribution in [-0.4, -0.2) is 13.9 Å². The zero-order valence-corrected chi connectivity index (χ0v) is 2.73. The SMILES string of the molecule is BC(N)N. The van der Waals surface area contributed by atoms with Gasteiger partial charge in [0.2, 0.25) is 0 Å². The molecule has 0 unspecified atom stereocenters. The van der Waals surface area contributed by atoms with Gasteiger partial charge in [-0.2, -0.15) is 0 Å². The highest BCUT2D eigenvalue weighted by atomic mass is 14.8. The maximum atomic E-state index is 4.89. The maximum absolute atomic E-state index is 4.89. The molecular formula is CH7BN2. The summed E-state index contributed by atoms with van der Waals surface area (Å²) in [6, 6.07) is -0.167. The first-order valence-electron chi connectivity index (χ1n) is 1.24. The average Bonchev–Trinajstić information content (AvgIpc) is 0.811. The second kappa shape index (κ2) is 1.32. The van der Waals surface area contributed by atoms with Gasteiger partial charge in [-0.15, -0.1) is 0 Å². The van der Waals surface area contributed by atoms with Crippen molar-refractivity contribution in [1.82, 2.24) is 0 Å². The molecule has 0 aromatic heterocycles. The first kappa shape index (κ1) is 3.98. The third kappa shape index (κ3) is 8480. The largest absolute Gasteiger partial charge is 0.323 e. The van der Waals surface area contributed by atoms with Crippen molar-refractivity contribution in [1.29, 1.82) is 0 Å². The van der Waals surface area contributed by atoms with E-state index in [1.165, 1.54) is 0 Å². The minimum atomic E-state index is -0.167. The lowest BCUT2D eigenvalue weighted by atomic mass is 10.1. The fourth-order valence-electron chi connectivity index (χ4n) is 0. The first-order valence-corrected chi connectivity index (χ1v) is 1.24. The minimum absolute atomic E-state index is 0.167. The van der Waals surface area contributed by atoms with Crippen molar-refractivity contribution < 1.29 is 0 Å². The highest BCUT2D eigenvalue weighted by Gasteiger charge is 1.67. The Morgan fingerprint density at radius 3 is 1.50 bits per heavy atom. The molecule has 0 bridgehead atoms. The summed E-state index contributed by atoms with van der Waals surface area (Å²) in [6.45, 7) is 0. The van der Waals surface area contributed by atoms with Crippen LogP contribution in [0.4, 0.5) is 0 Å². The summed E-state index contributed by atoms with van der Waals surface area (Å²) in [4.78, 5) is 0. The number of nitrogens with two attached hydrogens (primary N) is 2. The van der Waals surface area contributed by atoms with Crippen LogP contribution in [0.15, 0.2) is 0 Å². The summed E-state index contributed by atoms with van der Waals surface area (Å²) in [7, 11) is 1.72. The normalized spacial score (nSPS) is 8.75. The van der Waals surface area contributed by atoms with E-state index in [0.717, 1.165) is 0 Å². The lowest BCUT2D eigenvalue weighted by Crippen LogP contribution is -2.29. The Bertz CT molecular complexity index is 10.8. The van der Waals surface area contributed by atoms with Gasteiger partial charge in [-0.1, -0.05) is 0 Å². The monoisotopic (exact) mass is 58.1 g/mol. The van der Waals surface area contributed by atoms with E-state index >= 15 is 0 Å². The molecule has 4 heavy (non-hydrogen) atoms. The van der Waals surface area contributed by atoms with Crippen LogP contribution < -0.4 is 11.5 Å². The van der Waals surface area contributed by atoms with Crippen LogP contribution in [0.5, 0.6) is 0 Å². The van der Waals surface area contributed by atoms with Gasteiger partial charge in [-0.05, 0) is 0 Å². The van der Waals surface area contributed by atoms with Crippen molar-refractivity contribution in [3.63, 3.8) is 0 Å². The summed E-state index contributed by atoms with van der Waals surface area (Å²) >= 11 is 0. The van der Waals surface area contributed by atoms with E-state index in [0.29, 0.717) is 0 Å². The van der Waals surface area contributed by atoms with E-state index in [1.54, 1.807) is 7.85 Å². The van der Waals surface area contributed by atoms with Crippen molar-refractivity contribution in [2.75, 3.05) is 0 Å². The molecule has 0 spiro atoms. The Hall–Kier alpha value is -0.0151. The van der Waals surface area contributed by atoms with Crippen molar-refractivity contribution in [3.8, 4) is 0 Å². The van der Waals surface area contributed by atoms with E-state index in [4.69, 9.17) is 11.5 Å². The van der Waals surface area contributed by atoms with Crippen molar-refractivity contribution in [3.05, 3.63) is 0 Å². The Labute approximate surface area is 26.6 Å². The highest BCUT2D eigenvalue weighted by Crippen LogP contribution is 1.27. The molecule has 2 nitrogen and oxygen atoms in total. The van der Waals surface area contributed by atoms with Crippen LogP contribution in [0, 0.1) is 0 Å². The summed E-state index contributed by atoms with van der Waals surface area (Å²) in [5.74, 6) is 0. The molecule has 0 fully saturated rings. The maximum Gasteiger partial charge on any atom is 0.141 e. The molecule has 3 heteroatoms. The Morgan fingerprint density at radius 1 is 1.50 bits per heavy atom. The van der Waals surface area contributed by atoms with Gasteiger partial charge in [0.15, 0.2) is 0 Å². The molecule has 0 rings (SSSR count). The lowest BCUT2D eigenvalue weighted by Gasteiger charge is -1.82. The van der Waals surface area contributed by atoms with E-state index in [9.17, 15) is 0 Å². The van der Waals surface area contributed by atoms with Gasteiger partial charge in [-0.25, -0.2) is 0 Å². The summed E-state index contributed by atoms with van der Waals surface area (Å²) in [5, 5.41) is 0. The van der Waals surface area contributed by atoms with Crippen LogP contribution in [0.25, 0.3) is 0 Å². The molecule has 0 heterocycles. The van der Waals surface area contributed by atoms with E-state index < -0.39 is 0 Å². The highest BCUT2D eigenvalue weighted by molar-refractivity contribution is 6.10. The van der Waals surface area contributed by atoms with Crippen LogP contribution in [-0.2, 0) is 0 Å². The zero-order valence-electron chi connectivity index (χ0n) is 2.73. The molecule has 0 aliphatic rings. The Morgan fingerprint density at radius 2 is 1.50 bits per heavy atom. The van der Waals surface area contributed by atoms with E-state index in [1.807, 2.05) is 0 Å². The summed E-state index contributed by atoms with van der Waals surface area (Å²) in [5.41, 5.74) is 9.78. The second-order valence-electron chi connectivity index (χ2n) is 0.859. The average molecular weight is 57.9 g/mol. The molecular weight excluding hydrogens is 50.8 g/mol. The Balaban J connectivity index is 2.32. The van der Waals surface area contributed by atoms with Crippen molar-refractivity contribution in [2.24, 2.45) is 11.5 Å². The molecule has 0 aromatic rings. The van der Waals surface area contributed by atoms with Gasteiger partial charge < -0.3 is 11.5 Å². The van der Waals surface area contributed by atoms with Gasteiger partial charge in [0.1, 0.15) is 7.85 Å². The zero-order chi connectivity index (χ0) is 3.58. The van der Waals surface area contributed by atoms with Crippen LogP contribution in [0.3, 0.4) is 0 Å². The number of hydrogen-bond donors (Lipinski definition) is 2. The molecule has 0 saturated heterocycles. The quantitative estimate of drug-likeness (QED) is 0.246. The van der Waals surface area contributed by atoms with E-state index in [2.05, 4.69) is 0 Å². The molecule has 0 atom stereocenters. The number of hydrogen-bond acceptors (Lipinski definition) is 2. The third-order valence-electron chi connectivity index (χ3n) is 0. The fourth-order valence-corrected chi connectivity index (χ4v) is 0. The summed E-state index contributed by atoms with van der Waals surface area (Å²) in [6.07, 6.45) is 0. The second-order valence-corrected chi connectivity index (χ2v) is 0.859. The lowest BCUT2D eigenvalue weighted by molar-refractivity contribution is 0.973. The molecule has 0 radical (unpaired) electrons. The smallest absolute Gasteiger partial charge is 0.141 e. The van der Waals surface area contributed by atoms with Gasteiger partial charge in [0, 0.05) is 6.07 Å². The molecule has 24 valence electrons. The van der Waals surface area contributed by atoms with Crippen LogP contribution in [0.2, 0.25) is 0 Å². The topological polar surface area (TPSA) is 52.0 Å². The first-order chi connectivity index (χ1) is 1.73. The predicted octanol–water partition coefficient (Wildman–Crippen LogP) is -2.18. The Kier molecular flexibility index (Phi) is 1.31. The standard InChI is InChI=1S/CH7BN2/c2-1(3)4/h1H,2-4H2. The van der Waals surface area contributed by atoms with Gasteiger partial charge in [0.25, 0.3) is 0 Å².